The molecule has 4 heteroatoms. The van der Waals surface area contributed by atoms with Gasteiger partial charge in [-0.25, -0.2) is 4.68 Å². The third-order valence-corrected chi connectivity index (χ3v) is 4.33. The monoisotopic (exact) mass is 278 g/mol. The topological polar surface area (TPSA) is 42.7 Å². The maximum Gasteiger partial charge on any atom is 0.0728 e. The van der Waals surface area contributed by atoms with Gasteiger partial charge in [-0.05, 0) is 44.2 Å². The summed E-state index contributed by atoms with van der Waals surface area (Å²) in [5.74, 6) is 2.12. The van der Waals surface area contributed by atoms with Crippen LogP contribution in [0.3, 0.4) is 0 Å². The second-order valence-electron chi connectivity index (χ2n) is 6.59. The number of hydrogen-bond donors (Lipinski definition) is 1. The lowest BCUT2D eigenvalue weighted by atomic mass is 9.77. The van der Waals surface area contributed by atoms with Crippen molar-refractivity contribution in [1.29, 1.82) is 0 Å². The van der Waals surface area contributed by atoms with Gasteiger partial charge < -0.3 is 5.32 Å². The van der Waals surface area contributed by atoms with Gasteiger partial charge in [0.15, 0.2) is 0 Å². The molecule has 0 radical (unpaired) electrons. The Bertz CT molecular complexity index is 386. The first kappa shape index (κ1) is 15.5. The van der Waals surface area contributed by atoms with E-state index in [0.717, 1.165) is 37.9 Å². The summed E-state index contributed by atoms with van der Waals surface area (Å²) in [4.78, 5) is 0. The maximum atomic E-state index is 4.27. The lowest BCUT2D eigenvalue weighted by Gasteiger charge is -2.32. The molecular formula is C16H30N4. The summed E-state index contributed by atoms with van der Waals surface area (Å²) >= 11 is 0. The van der Waals surface area contributed by atoms with E-state index in [1.54, 1.807) is 0 Å². The lowest BCUT2D eigenvalue weighted by Crippen LogP contribution is -2.32. The Morgan fingerprint density at radius 1 is 1.35 bits per heavy atom. The van der Waals surface area contributed by atoms with Crippen LogP contribution in [0.15, 0.2) is 6.20 Å². The van der Waals surface area contributed by atoms with Gasteiger partial charge in [0.05, 0.1) is 11.9 Å². The smallest absolute Gasteiger partial charge is 0.0728 e. The molecule has 1 heterocycles. The summed E-state index contributed by atoms with van der Waals surface area (Å²) in [6.45, 7) is 10.00. The van der Waals surface area contributed by atoms with Gasteiger partial charge in [0.1, 0.15) is 0 Å². The summed E-state index contributed by atoms with van der Waals surface area (Å²) in [6, 6.07) is 0. The minimum atomic E-state index is 0.643. The van der Waals surface area contributed by atoms with Crippen molar-refractivity contribution in [3.63, 3.8) is 0 Å². The van der Waals surface area contributed by atoms with Crippen molar-refractivity contribution in [2.75, 3.05) is 13.1 Å². The molecule has 1 fully saturated rings. The molecule has 2 unspecified atom stereocenters. The van der Waals surface area contributed by atoms with E-state index in [-0.39, 0.29) is 0 Å². The second kappa shape index (κ2) is 7.77. The zero-order chi connectivity index (χ0) is 14.4. The van der Waals surface area contributed by atoms with Crippen molar-refractivity contribution in [2.24, 2.45) is 11.8 Å². The highest BCUT2D eigenvalue weighted by Crippen LogP contribution is 2.37. The maximum absolute atomic E-state index is 4.27. The van der Waals surface area contributed by atoms with Gasteiger partial charge in [-0.15, -0.1) is 5.10 Å². The number of hydrogen-bond acceptors (Lipinski definition) is 3. The molecule has 0 aliphatic heterocycles. The molecule has 1 aliphatic carbocycles. The van der Waals surface area contributed by atoms with E-state index in [2.05, 4.69) is 41.1 Å². The molecule has 1 N–H and O–H groups in total. The van der Waals surface area contributed by atoms with Crippen LogP contribution >= 0.6 is 0 Å². The largest absolute Gasteiger partial charge is 0.316 e. The van der Waals surface area contributed by atoms with Crippen LogP contribution in [0, 0.1) is 11.8 Å². The highest BCUT2D eigenvalue weighted by atomic mass is 15.4. The Balaban J connectivity index is 2.00. The molecule has 114 valence electrons. The zero-order valence-corrected chi connectivity index (χ0v) is 13.3. The summed E-state index contributed by atoms with van der Waals surface area (Å²) in [5.41, 5.74) is 1.36. The molecule has 0 spiro atoms. The quantitative estimate of drug-likeness (QED) is 0.833. The summed E-state index contributed by atoms with van der Waals surface area (Å²) < 4.78 is 2.13. The fraction of sp³-hybridized carbons (Fsp3) is 0.875. The van der Waals surface area contributed by atoms with E-state index in [4.69, 9.17) is 0 Å². The summed E-state index contributed by atoms with van der Waals surface area (Å²) in [6.07, 6.45) is 8.49. The van der Waals surface area contributed by atoms with Crippen LogP contribution in [0.25, 0.3) is 0 Å². The third-order valence-electron chi connectivity index (χ3n) is 4.33. The van der Waals surface area contributed by atoms with Crippen molar-refractivity contribution in [3.8, 4) is 0 Å². The number of aryl methyl sites for hydroxylation is 1. The first-order valence-electron chi connectivity index (χ1n) is 8.31. The first-order valence-corrected chi connectivity index (χ1v) is 8.31. The fourth-order valence-electron chi connectivity index (χ4n) is 3.34. The number of nitrogens with one attached hydrogen (secondary N) is 1. The Morgan fingerprint density at radius 2 is 2.15 bits per heavy atom. The average molecular weight is 278 g/mol. The van der Waals surface area contributed by atoms with Gasteiger partial charge in [0.25, 0.3) is 0 Å². The average Bonchev–Trinajstić information content (AvgIpc) is 2.87. The van der Waals surface area contributed by atoms with Crippen molar-refractivity contribution < 1.29 is 0 Å². The molecule has 1 aliphatic rings. The molecule has 0 bridgehead atoms. The molecule has 2 rings (SSSR count). The SMILES string of the molecule is CCCn1nncc1C1CCCCC1CNCC(C)C. The van der Waals surface area contributed by atoms with Crippen molar-refractivity contribution in [3.05, 3.63) is 11.9 Å². The number of nitrogens with zero attached hydrogens (tertiary/aromatic N) is 3. The van der Waals surface area contributed by atoms with Crippen LogP contribution < -0.4 is 5.32 Å². The molecule has 0 amide bonds. The van der Waals surface area contributed by atoms with E-state index >= 15 is 0 Å². The van der Waals surface area contributed by atoms with Crippen LogP contribution in [-0.4, -0.2) is 28.1 Å². The Hall–Kier alpha value is -0.900. The lowest BCUT2D eigenvalue weighted by molar-refractivity contribution is 0.280. The van der Waals surface area contributed by atoms with Crippen LogP contribution in [0.4, 0.5) is 0 Å². The molecule has 0 saturated heterocycles. The molecule has 1 saturated carbocycles. The Kier molecular flexibility index (Phi) is 6.02. The third kappa shape index (κ3) is 4.05. The van der Waals surface area contributed by atoms with Gasteiger partial charge in [0.2, 0.25) is 0 Å². The molecule has 1 aromatic heterocycles. The van der Waals surface area contributed by atoms with Gasteiger partial charge in [-0.3, -0.25) is 0 Å². The van der Waals surface area contributed by atoms with E-state index in [0.29, 0.717) is 5.92 Å². The normalized spacial score (nSPS) is 23.4. The summed E-state index contributed by atoms with van der Waals surface area (Å²) in [5, 5.41) is 12.1. The minimum Gasteiger partial charge on any atom is -0.316 e. The fourth-order valence-corrected chi connectivity index (χ4v) is 3.34. The van der Waals surface area contributed by atoms with E-state index in [9.17, 15) is 0 Å². The molecule has 2 atom stereocenters. The van der Waals surface area contributed by atoms with Gasteiger partial charge in [0, 0.05) is 12.5 Å². The minimum absolute atomic E-state index is 0.643. The standard InChI is InChI=1S/C16H30N4/c1-4-9-20-16(12-18-19-20)15-8-6-5-7-14(15)11-17-10-13(2)3/h12-15,17H,4-11H2,1-3H3. The number of aromatic nitrogens is 3. The Morgan fingerprint density at radius 3 is 2.90 bits per heavy atom. The second-order valence-corrected chi connectivity index (χ2v) is 6.59. The highest BCUT2D eigenvalue weighted by Gasteiger charge is 2.28. The van der Waals surface area contributed by atoms with Crippen LogP contribution in [0.2, 0.25) is 0 Å². The highest BCUT2D eigenvalue weighted by molar-refractivity contribution is 5.07. The Labute approximate surface area is 123 Å². The predicted molar refractivity (Wildman–Crippen MR) is 82.7 cm³/mol. The first-order chi connectivity index (χ1) is 9.72. The van der Waals surface area contributed by atoms with Crippen molar-refractivity contribution in [2.45, 2.75) is 65.3 Å². The van der Waals surface area contributed by atoms with E-state index in [1.807, 2.05) is 6.20 Å². The summed E-state index contributed by atoms with van der Waals surface area (Å²) in [7, 11) is 0. The van der Waals surface area contributed by atoms with Gasteiger partial charge >= 0.3 is 0 Å². The molecule has 1 aromatic rings. The molecule has 20 heavy (non-hydrogen) atoms. The van der Waals surface area contributed by atoms with E-state index in [1.165, 1.54) is 31.4 Å². The predicted octanol–water partition coefficient (Wildman–Crippen LogP) is 3.21. The van der Waals surface area contributed by atoms with Crippen molar-refractivity contribution in [1.82, 2.24) is 20.3 Å². The van der Waals surface area contributed by atoms with Crippen LogP contribution in [-0.2, 0) is 6.54 Å². The van der Waals surface area contributed by atoms with Crippen LogP contribution in [0.1, 0.15) is 64.5 Å². The number of rotatable bonds is 7. The van der Waals surface area contributed by atoms with Gasteiger partial charge in [-0.2, -0.15) is 0 Å². The van der Waals surface area contributed by atoms with E-state index < -0.39 is 0 Å². The zero-order valence-electron chi connectivity index (χ0n) is 13.3. The molecule has 0 aromatic carbocycles. The molecular weight excluding hydrogens is 248 g/mol. The van der Waals surface area contributed by atoms with Crippen LogP contribution in [0.5, 0.6) is 0 Å². The van der Waals surface area contributed by atoms with Crippen molar-refractivity contribution >= 4 is 0 Å². The van der Waals surface area contributed by atoms with Gasteiger partial charge in [-0.1, -0.05) is 38.8 Å². The molecule has 4 nitrogen and oxygen atoms in total.